The van der Waals surface area contributed by atoms with Gasteiger partial charge in [-0.3, -0.25) is 10.00 Å². The molecule has 25 heavy (non-hydrogen) atoms. The molecule has 0 bridgehead atoms. The predicted molar refractivity (Wildman–Crippen MR) is 95.9 cm³/mol. The van der Waals surface area contributed by atoms with Gasteiger partial charge in [-0.05, 0) is 50.1 Å². The van der Waals surface area contributed by atoms with E-state index in [2.05, 4.69) is 25.8 Å². The minimum Gasteiger partial charge on any atom is -0.453 e. The Morgan fingerprint density at radius 3 is 2.24 bits per heavy atom. The third-order valence-corrected chi connectivity index (χ3v) is 3.89. The van der Waals surface area contributed by atoms with E-state index < -0.39 is 6.09 Å². The van der Waals surface area contributed by atoms with Crippen molar-refractivity contribution in [3.8, 4) is 0 Å². The van der Waals surface area contributed by atoms with Gasteiger partial charge in [-0.2, -0.15) is 5.10 Å². The second-order valence-corrected chi connectivity index (χ2v) is 5.60. The number of nitrogens with zero attached hydrogens (tertiary/aromatic N) is 2. The van der Waals surface area contributed by atoms with Crippen LogP contribution in [0.25, 0.3) is 0 Å². The maximum atomic E-state index is 12.0. The molecule has 1 aromatic heterocycles. The van der Waals surface area contributed by atoms with Gasteiger partial charge in [0.05, 0.1) is 12.8 Å². The minimum absolute atomic E-state index is 0.284. The minimum atomic E-state index is -0.542. The number of benzene rings is 1. The lowest BCUT2D eigenvalue weighted by Gasteiger charge is -2.09. The zero-order chi connectivity index (χ0) is 18.4. The summed E-state index contributed by atoms with van der Waals surface area (Å²) in [5.74, 6) is 0. The van der Waals surface area contributed by atoms with Crippen LogP contribution in [0.1, 0.15) is 17.0 Å². The van der Waals surface area contributed by atoms with Crippen molar-refractivity contribution in [1.29, 1.82) is 0 Å². The van der Waals surface area contributed by atoms with E-state index >= 15 is 0 Å². The van der Waals surface area contributed by atoms with Crippen LogP contribution in [-0.2, 0) is 18.2 Å². The number of hydrogen-bond donors (Lipinski definition) is 3. The lowest BCUT2D eigenvalue weighted by atomic mass is 10.1. The molecule has 8 heteroatoms. The maximum absolute atomic E-state index is 12.0. The molecule has 0 aliphatic heterocycles. The van der Waals surface area contributed by atoms with Gasteiger partial charge in [0.1, 0.15) is 0 Å². The first kappa shape index (κ1) is 18.3. The van der Waals surface area contributed by atoms with E-state index in [0.29, 0.717) is 17.9 Å². The molecule has 134 valence electrons. The first-order chi connectivity index (χ1) is 11.9. The van der Waals surface area contributed by atoms with Crippen molar-refractivity contribution in [2.45, 2.75) is 20.3 Å². The maximum Gasteiger partial charge on any atom is 0.411 e. The molecule has 0 saturated heterocycles. The van der Waals surface area contributed by atoms with Crippen molar-refractivity contribution in [3.63, 3.8) is 0 Å². The topological polar surface area (TPSA) is 97.3 Å². The van der Waals surface area contributed by atoms with Gasteiger partial charge in [-0.25, -0.2) is 9.59 Å². The Morgan fingerprint density at radius 2 is 1.72 bits per heavy atom. The van der Waals surface area contributed by atoms with Crippen LogP contribution < -0.4 is 16.0 Å². The zero-order valence-corrected chi connectivity index (χ0v) is 14.8. The molecule has 2 rings (SSSR count). The van der Waals surface area contributed by atoms with E-state index in [4.69, 9.17) is 0 Å². The standard InChI is InChI=1S/C17H23N5O3/c1-11-15(12(2)22(3)21-11)9-10-18-16(23)19-13-5-7-14(8-6-13)20-17(24)25-4/h5-8H,9-10H2,1-4H3,(H,20,24)(H2,18,19,23). The number of carbonyl (C=O) groups is 2. The van der Waals surface area contributed by atoms with Gasteiger partial charge in [0.2, 0.25) is 0 Å². The predicted octanol–water partition coefficient (Wildman–Crippen LogP) is 2.58. The number of amides is 3. The quantitative estimate of drug-likeness (QED) is 0.776. The Balaban J connectivity index is 1.81. The van der Waals surface area contributed by atoms with Crippen LogP contribution in [0.3, 0.4) is 0 Å². The van der Waals surface area contributed by atoms with Crippen LogP contribution in [0.5, 0.6) is 0 Å². The number of anilines is 2. The molecule has 0 spiro atoms. The first-order valence-electron chi connectivity index (χ1n) is 7.89. The third kappa shape index (κ3) is 4.97. The van der Waals surface area contributed by atoms with E-state index in [1.165, 1.54) is 7.11 Å². The zero-order valence-electron chi connectivity index (χ0n) is 14.8. The molecule has 1 aromatic carbocycles. The monoisotopic (exact) mass is 345 g/mol. The highest BCUT2D eigenvalue weighted by Gasteiger charge is 2.09. The highest BCUT2D eigenvalue weighted by atomic mass is 16.5. The number of ether oxygens (including phenoxy) is 1. The molecule has 0 aliphatic carbocycles. The molecule has 0 aliphatic rings. The summed E-state index contributed by atoms with van der Waals surface area (Å²) in [6, 6.07) is 6.46. The summed E-state index contributed by atoms with van der Waals surface area (Å²) in [4.78, 5) is 23.1. The van der Waals surface area contributed by atoms with Crippen molar-refractivity contribution in [2.75, 3.05) is 24.3 Å². The van der Waals surface area contributed by atoms with Crippen LogP contribution in [0.15, 0.2) is 24.3 Å². The Morgan fingerprint density at radius 1 is 1.12 bits per heavy atom. The van der Waals surface area contributed by atoms with E-state index in [-0.39, 0.29) is 6.03 Å². The Kier molecular flexibility index (Phi) is 5.99. The Hall–Kier alpha value is -3.03. The number of aryl methyl sites for hydroxylation is 2. The van der Waals surface area contributed by atoms with Crippen LogP contribution >= 0.6 is 0 Å². The molecule has 2 aromatic rings. The van der Waals surface area contributed by atoms with Crippen LogP contribution in [0.2, 0.25) is 0 Å². The van der Waals surface area contributed by atoms with Gasteiger partial charge < -0.3 is 15.4 Å². The smallest absolute Gasteiger partial charge is 0.411 e. The van der Waals surface area contributed by atoms with Gasteiger partial charge in [0.15, 0.2) is 0 Å². The molecule has 1 heterocycles. The lowest BCUT2D eigenvalue weighted by Crippen LogP contribution is -2.30. The molecule has 3 amide bonds. The van der Waals surface area contributed by atoms with Gasteiger partial charge in [0.25, 0.3) is 0 Å². The molecule has 0 radical (unpaired) electrons. The summed E-state index contributed by atoms with van der Waals surface area (Å²) < 4.78 is 6.35. The Labute approximate surface area is 146 Å². The van der Waals surface area contributed by atoms with Gasteiger partial charge >= 0.3 is 12.1 Å². The Bertz CT molecular complexity index is 752. The fraction of sp³-hybridized carbons (Fsp3) is 0.353. The van der Waals surface area contributed by atoms with Crippen molar-refractivity contribution in [2.24, 2.45) is 7.05 Å². The van der Waals surface area contributed by atoms with Crippen molar-refractivity contribution >= 4 is 23.5 Å². The highest BCUT2D eigenvalue weighted by Crippen LogP contribution is 2.14. The summed E-state index contributed by atoms with van der Waals surface area (Å²) in [5.41, 5.74) is 4.45. The summed E-state index contributed by atoms with van der Waals surface area (Å²) in [6.07, 6.45) is 0.181. The first-order valence-corrected chi connectivity index (χ1v) is 7.89. The number of nitrogens with one attached hydrogen (secondary N) is 3. The molecule has 0 atom stereocenters. The molecule has 8 nitrogen and oxygen atoms in total. The highest BCUT2D eigenvalue weighted by molar-refractivity contribution is 5.90. The number of carbonyl (C=O) groups excluding carboxylic acids is 2. The average Bonchev–Trinajstić information content (AvgIpc) is 2.82. The molecule has 0 unspecified atom stereocenters. The second-order valence-electron chi connectivity index (χ2n) is 5.60. The molecular weight excluding hydrogens is 322 g/mol. The van der Waals surface area contributed by atoms with Crippen molar-refractivity contribution < 1.29 is 14.3 Å². The number of aromatic nitrogens is 2. The third-order valence-electron chi connectivity index (χ3n) is 3.89. The van der Waals surface area contributed by atoms with E-state index in [0.717, 1.165) is 23.4 Å². The summed E-state index contributed by atoms with van der Waals surface area (Å²) in [6.45, 7) is 4.49. The van der Waals surface area contributed by atoms with Gasteiger partial charge in [0, 0.05) is 30.7 Å². The lowest BCUT2D eigenvalue weighted by molar-refractivity contribution is 0.187. The summed E-state index contributed by atoms with van der Waals surface area (Å²) >= 11 is 0. The SMILES string of the molecule is COC(=O)Nc1ccc(NC(=O)NCCc2c(C)nn(C)c2C)cc1. The number of rotatable bonds is 5. The van der Waals surface area contributed by atoms with Gasteiger partial charge in [-0.1, -0.05) is 0 Å². The molecule has 0 fully saturated rings. The van der Waals surface area contributed by atoms with Crippen LogP contribution in [0, 0.1) is 13.8 Å². The number of hydrogen-bond acceptors (Lipinski definition) is 4. The van der Waals surface area contributed by atoms with Crippen LogP contribution in [0.4, 0.5) is 21.0 Å². The molecule has 3 N–H and O–H groups in total. The van der Waals surface area contributed by atoms with E-state index in [9.17, 15) is 9.59 Å². The second kappa shape index (κ2) is 8.18. The summed E-state index contributed by atoms with van der Waals surface area (Å²) in [5, 5.41) is 12.5. The largest absolute Gasteiger partial charge is 0.453 e. The molecule has 0 saturated carbocycles. The number of methoxy groups -OCH3 is 1. The fourth-order valence-electron chi connectivity index (χ4n) is 2.46. The van der Waals surface area contributed by atoms with Crippen LogP contribution in [-0.4, -0.2) is 35.6 Å². The van der Waals surface area contributed by atoms with Crippen molar-refractivity contribution in [3.05, 3.63) is 41.2 Å². The van der Waals surface area contributed by atoms with E-state index in [1.807, 2.05) is 25.6 Å². The van der Waals surface area contributed by atoms with Gasteiger partial charge in [-0.15, -0.1) is 0 Å². The van der Waals surface area contributed by atoms with Crippen molar-refractivity contribution in [1.82, 2.24) is 15.1 Å². The normalized spacial score (nSPS) is 10.2. The molecular formula is C17H23N5O3. The summed E-state index contributed by atoms with van der Waals surface area (Å²) in [7, 11) is 3.20. The van der Waals surface area contributed by atoms with E-state index in [1.54, 1.807) is 24.3 Å². The fourth-order valence-corrected chi connectivity index (χ4v) is 2.46. The number of urea groups is 1. The average molecular weight is 345 g/mol.